The number of hydrogen-bond donors (Lipinski definition) is 0. The first-order chi connectivity index (χ1) is 14.8. The first-order valence-corrected chi connectivity index (χ1v) is 11.1. The molecule has 1 saturated carbocycles. The van der Waals surface area contributed by atoms with Crippen molar-refractivity contribution in [3.05, 3.63) is 35.1 Å². The van der Waals surface area contributed by atoms with Crippen LogP contribution in [0.1, 0.15) is 30.9 Å². The van der Waals surface area contributed by atoms with E-state index < -0.39 is 6.04 Å². The van der Waals surface area contributed by atoms with Crippen LogP contribution in [0.4, 0.5) is 0 Å². The Kier molecular flexibility index (Phi) is 6.17. The number of likely N-dealkylation sites (N-methyl/N-ethyl adjacent to an activating group) is 1. The van der Waals surface area contributed by atoms with Crippen LogP contribution in [0.25, 0.3) is 0 Å². The van der Waals surface area contributed by atoms with Crippen LogP contribution < -0.4 is 9.47 Å². The predicted molar refractivity (Wildman–Crippen MR) is 116 cm³/mol. The summed E-state index contributed by atoms with van der Waals surface area (Å²) in [5.74, 6) is 0.799. The van der Waals surface area contributed by atoms with Gasteiger partial charge in [-0.25, -0.2) is 0 Å². The molecule has 1 aromatic rings. The second-order valence-corrected chi connectivity index (χ2v) is 9.22. The van der Waals surface area contributed by atoms with Gasteiger partial charge in [-0.1, -0.05) is 6.07 Å². The maximum atomic E-state index is 13.6. The van der Waals surface area contributed by atoms with E-state index in [0.717, 1.165) is 12.0 Å². The Bertz CT molecular complexity index is 915. The van der Waals surface area contributed by atoms with E-state index in [4.69, 9.17) is 25.8 Å². The molecular formula is C23H29ClN2O5. The highest BCUT2D eigenvalue weighted by Gasteiger charge is 2.52. The number of carbonyl (C=O) groups excluding carboxylic acids is 2. The first-order valence-electron chi connectivity index (χ1n) is 10.6. The Balaban J connectivity index is 1.78. The lowest BCUT2D eigenvalue weighted by Gasteiger charge is -2.37. The van der Waals surface area contributed by atoms with Crippen LogP contribution in [0.15, 0.2) is 29.5 Å². The number of ketones is 1. The van der Waals surface area contributed by atoms with E-state index in [9.17, 15) is 9.59 Å². The highest BCUT2D eigenvalue weighted by molar-refractivity contribution is 6.21. The topological polar surface area (TPSA) is 68.3 Å². The van der Waals surface area contributed by atoms with Gasteiger partial charge < -0.3 is 24.0 Å². The van der Waals surface area contributed by atoms with Crippen molar-refractivity contribution in [3.8, 4) is 11.5 Å². The molecule has 0 aromatic heterocycles. The molecule has 4 unspecified atom stereocenters. The van der Waals surface area contributed by atoms with Crippen molar-refractivity contribution in [1.29, 1.82) is 0 Å². The van der Waals surface area contributed by atoms with E-state index in [2.05, 4.69) is 0 Å². The van der Waals surface area contributed by atoms with Gasteiger partial charge in [-0.2, -0.15) is 0 Å². The van der Waals surface area contributed by atoms with Crippen molar-refractivity contribution in [2.75, 3.05) is 41.4 Å². The molecule has 31 heavy (non-hydrogen) atoms. The standard InChI is InChI=1S/C23H29ClN2O5/c1-25(2)9-10-26-20(13-5-7-17(29-3)18(11-13)30-4)19-21(27)15-12-14(24)6-8-16(15)31-22(19)23(26)28/h5,7,11,14-16,20H,6,8-10,12H2,1-4H3. The molecule has 0 saturated heterocycles. The third kappa shape index (κ3) is 3.89. The number of amides is 1. The number of rotatable bonds is 6. The lowest BCUT2D eigenvalue weighted by molar-refractivity contribution is -0.135. The summed E-state index contributed by atoms with van der Waals surface area (Å²) >= 11 is 6.38. The summed E-state index contributed by atoms with van der Waals surface area (Å²) in [5.41, 5.74) is 1.24. The van der Waals surface area contributed by atoms with Crippen molar-refractivity contribution in [2.45, 2.75) is 36.8 Å². The maximum Gasteiger partial charge on any atom is 0.290 e. The molecule has 7 nitrogen and oxygen atoms in total. The van der Waals surface area contributed by atoms with Crippen molar-refractivity contribution >= 4 is 23.3 Å². The minimum absolute atomic E-state index is 0.0166. The van der Waals surface area contributed by atoms with E-state index in [1.54, 1.807) is 25.2 Å². The molecule has 8 heteroatoms. The van der Waals surface area contributed by atoms with Crippen molar-refractivity contribution in [2.24, 2.45) is 5.92 Å². The number of ether oxygens (including phenoxy) is 3. The number of alkyl halides is 1. The van der Waals surface area contributed by atoms with E-state index in [0.29, 0.717) is 43.0 Å². The second-order valence-electron chi connectivity index (χ2n) is 8.60. The van der Waals surface area contributed by atoms with Gasteiger partial charge in [0.25, 0.3) is 5.91 Å². The van der Waals surface area contributed by atoms with Gasteiger partial charge in [0.2, 0.25) is 0 Å². The Morgan fingerprint density at radius 1 is 1.16 bits per heavy atom. The molecule has 1 fully saturated rings. The van der Waals surface area contributed by atoms with Crippen molar-refractivity contribution < 1.29 is 23.8 Å². The second kappa shape index (κ2) is 8.71. The zero-order valence-electron chi connectivity index (χ0n) is 18.4. The smallest absolute Gasteiger partial charge is 0.290 e. The van der Waals surface area contributed by atoms with E-state index in [-0.39, 0.29) is 34.8 Å². The summed E-state index contributed by atoms with van der Waals surface area (Å²) in [4.78, 5) is 30.8. The monoisotopic (exact) mass is 448 g/mol. The Labute approximate surface area is 187 Å². The highest BCUT2D eigenvalue weighted by atomic mass is 35.5. The van der Waals surface area contributed by atoms with Crippen molar-refractivity contribution in [1.82, 2.24) is 9.80 Å². The van der Waals surface area contributed by atoms with Crippen LogP contribution in [-0.2, 0) is 14.3 Å². The third-order valence-corrected chi connectivity index (χ3v) is 6.79. The summed E-state index contributed by atoms with van der Waals surface area (Å²) < 4.78 is 17.0. The molecule has 0 radical (unpaired) electrons. The van der Waals surface area contributed by atoms with Crippen LogP contribution >= 0.6 is 11.6 Å². The van der Waals surface area contributed by atoms with Crippen LogP contribution in [0.5, 0.6) is 11.5 Å². The molecule has 2 aliphatic heterocycles. The van der Waals surface area contributed by atoms with Gasteiger partial charge in [0.1, 0.15) is 6.10 Å². The minimum atomic E-state index is -0.522. The number of fused-ring (bicyclic) bond motifs is 1. The zero-order chi connectivity index (χ0) is 22.3. The van der Waals surface area contributed by atoms with Gasteiger partial charge >= 0.3 is 0 Å². The highest BCUT2D eigenvalue weighted by Crippen LogP contribution is 2.48. The maximum absolute atomic E-state index is 13.6. The number of nitrogens with zero attached hydrogens (tertiary/aromatic N) is 2. The van der Waals surface area contributed by atoms with Gasteiger partial charge in [0, 0.05) is 18.5 Å². The Hall–Kier alpha value is -2.25. The fourth-order valence-corrected chi connectivity index (χ4v) is 5.09. The zero-order valence-corrected chi connectivity index (χ0v) is 19.1. The third-order valence-electron chi connectivity index (χ3n) is 6.39. The Morgan fingerprint density at radius 2 is 1.90 bits per heavy atom. The lowest BCUT2D eigenvalue weighted by atomic mass is 9.77. The summed E-state index contributed by atoms with van der Waals surface area (Å²) in [6.45, 7) is 1.14. The number of hydrogen-bond acceptors (Lipinski definition) is 6. The fourth-order valence-electron chi connectivity index (χ4n) is 4.77. The molecule has 1 aliphatic carbocycles. The van der Waals surface area contributed by atoms with Gasteiger partial charge in [0.15, 0.2) is 23.0 Å². The van der Waals surface area contributed by atoms with E-state index in [1.807, 2.05) is 31.1 Å². The number of halogens is 1. The molecule has 4 rings (SSSR count). The SMILES string of the molecule is COc1ccc(C2C3=C(OC4CCC(Cl)CC4C3=O)C(=O)N2CCN(C)C)cc1OC. The average molecular weight is 449 g/mol. The number of carbonyl (C=O) groups is 2. The van der Waals surface area contributed by atoms with Gasteiger partial charge in [-0.3, -0.25) is 9.59 Å². The molecule has 1 aromatic carbocycles. The molecule has 168 valence electrons. The summed E-state index contributed by atoms with van der Waals surface area (Å²) in [5, 5.41) is -0.0440. The van der Waals surface area contributed by atoms with Crippen LogP contribution in [0.2, 0.25) is 0 Å². The Morgan fingerprint density at radius 3 is 2.58 bits per heavy atom. The van der Waals surface area contributed by atoms with E-state index in [1.165, 1.54) is 0 Å². The molecule has 0 spiro atoms. The lowest BCUT2D eigenvalue weighted by Crippen LogP contribution is -2.41. The van der Waals surface area contributed by atoms with Gasteiger partial charge in [0.05, 0.1) is 31.8 Å². The summed E-state index contributed by atoms with van der Waals surface area (Å²) in [6, 6.07) is 4.99. The molecule has 1 amide bonds. The fraction of sp³-hybridized carbons (Fsp3) is 0.565. The molecule has 0 N–H and O–H groups in total. The summed E-state index contributed by atoms with van der Waals surface area (Å²) in [7, 11) is 7.05. The van der Waals surface area contributed by atoms with Gasteiger partial charge in [-0.15, -0.1) is 11.6 Å². The largest absolute Gasteiger partial charge is 0.493 e. The average Bonchev–Trinajstić information content (AvgIpc) is 3.04. The molecule has 2 heterocycles. The number of Topliss-reactive ketones (excluding diaryl/α,β-unsaturated/α-hetero) is 1. The minimum Gasteiger partial charge on any atom is -0.493 e. The molecular weight excluding hydrogens is 420 g/mol. The number of benzene rings is 1. The van der Waals surface area contributed by atoms with Crippen molar-refractivity contribution in [3.63, 3.8) is 0 Å². The summed E-state index contributed by atoms with van der Waals surface area (Å²) in [6.07, 6.45) is 1.78. The first kappa shape index (κ1) is 22.0. The molecule has 3 aliphatic rings. The van der Waals surface area contributed by atoms with Gasteiger partial charge in [-0.05, 0) is 51.1 Å². The molecule has 0 bridgehead atoms. The predicted octanol–water partition coefficient (Wildman–Crippen LogP) is 2.78. The number of methoxy groups -OCH3 is 2. The normalized spacial score (nSPS) is 27.9. The molecule has 4 atom stereocenters. The van der Waals surface area contributed by atoms with E-state index >= 15 is 0 Å². The van der Waals surface area contributed by atoms with Crippen LogP contribution in [0, 0.1) is 5.92 Å². The van der Waals surface area contributed by atoms with Crippen LogP contribution in [0.3, 0.4) is 0 Å². The van der Waals surface area contributed by atoms with Crippen LogP contribution in [-0.4, -0.2) is 74.4 Å². The quantitative estimate of drug-likeness (QED) is 0.623.